The van der Waals surface area contributed by atoms with Gasteiger partial charge in [0.2, 0.25) is 0 Å². The average molecular weight is 255 g/mol. The Hall–Kier alpha value is -2.07. The molecule has 1 N–H and O–H groups in total. The van der Waals surface area contributed by atoms with Gasteiger partial charge >= 0.3 is 0 Å². The molecule has 2 heterocycles. The summed E-state index contributed by atoms with van der Waals surface area (Å²) in [5.74, 6) is 0. The van der Waals surface area contributed by atoms with Gasteiger partial charge < -0.3 is 9.67 Å². The Bertz CT molecular complexity index is 709. The highest BCUT2D eigenvalue weighted by Gasteiger charge is 2.11. The minimum atomic E-state index is -0.468. The number of hydrogen-bond donors (Lipinski definition) is 1. The molecule has 3 aromatic rings. The molecule has 0 amide bonds. The fourth-order valence-electron chi connectivity index (χ4n) is 2.52. The van der Waals surface area contributed by atoms with Gasteiger partial charge in [-0.1, -0.05) is 18.2 Å². The van der Waals surface area contributed by atoms with Crippen molar-refractivity contribution >= 4 is 10.9 Å². The number of nitrogens with zero attached hydrogens (tertiary/aromatic N) is 3. The fraction of sp³-hybridized carbons (Fsp3) is 0.267. The molecule has 0 fully saturated rings. The molecule has 0 bridgehead atoms. The van der Waals surface area contributed by atoms with Crippen LogP contribution in [0.25, 0.3) is 10.9 Å². The zero-order valence-electron chi connectivity index (χ0n) is 11.1. The third-order valence-electron chi connectivity index (χ3n) is 3.45. The quantitative estimate of drug-likeness (QED) is 0.781. The smallest absolute Gasteiger partial charge is 0.0911 e. The molecule has 0 spiro atoms. The zero-order chi connectivity index (χ0) is 13.4. The maximum Gasteiger partial charge on any atom is 0.0911 e. The van der Waals surface area contributed by atoms with Crippen LogP contribution in [0.4, 0.5) is 0 Å². The Morgan fingerprint density at radius 3 is 2.79 bits per heavy atom. The first-order valence-corrected chi connectivity index (χ1v) is 6.40. The minimum Gasteiger partial charge on any atom is -0.387 e. The second kappa shape index (κ2) is 4.55. The highest BCUT2D eigenvalue weighted by atomic mass is 16.3. The Morgan fingerprint density at radius 1 is 1.21 bits per heavy atom. The Kier molecular flexibility index (Phi) is 2.87. The van der Waals surface area contributed by atoms with Crippen LogP contribution in [0.3, 0.4) is 0 Å². The summed E-state index contributed by atoms with van der Waals surface area (Å²) in [7, 11) is 1.96. The molecule has 0 aliphatic carbocycles. The third-order valence-corrected chi connectivity index (χ3v) is 3.45. The number of fused-ring (bicyclic) bond motifs is 1. The Balaban J connectivity index is 2.04. The van der Waals surface area contributed by atoms with Gasteiger partial charge in [0.1, 0.15) is 0 Å². The van der Waals surface area contributed by atoms with Crippen LogP contribution in [0.15, 0.2) is 42.6 Å². The first-order valence-electron chi connectivity index (χ1n) is 6.40. The topological polar surface area (TPSA) is 43.0 Å². The average Bonchev–Trinajstić information content (AvgIpc) is 2.97. The first kappa shape index (κ1) is 12.0. The highest BCUT2D eigenvalue weighted by molar-refractivity contribution is 5.81. The molecule has 4 heteroatoms. The van der Waals surface area contributed by atoms with E-state index in [9.17, 15) is 5.11 Å². The molecule has 2 aromatic heterocycles. The summed E-state index contributed by atoms with van der Waals surface area (Å²) in [6.45, 7) is 2.46. The molecule has 19 heavy (non-hydrogen) atoms. The minimum absolute atomic E-state index is 0.468. The Labute approximate surface area is 111 Å². The predicted octanol–water partition coefficient (Wildman–Crippen LogP) is 2.48. The van der Waals surface area contributed by atoms with Crippen LogP contribution in [0.1, 0.15) is 24.4 Å². The van der Waals surface area contributed by atoms with E-state index in [1.165, 1.54) is 0 Å². The van der Waals surface area contributed by atoms with Gasteiger partial charge in [-0.2, -0.15) is 5.10 Å². The van der Waals surface area contributed by atoms with Crippen LogP contribution < -0.4 is 0 Å². The summed E-state index contributed by atoms with van der Waals surface area (Å²) in [4.78, 5) is 0. The standard InChI is InChI=1S/C15H17N3O/c1-11(19)14-8-5-9-18(14)10-13-12-6-3-4-7-15(12)17(2)16-13/h3-9,11,19H,10H2,1-2H3. The van der Waals surface area contributed by atoms with Crippen LogP contribution >= 0.6 is 0 Å². The van der Waals surface area contributed by atoms with Gasteiger partial charge in [-0.05, 0) is 25.1 Å². The molecule has 1 unspecified atom stereocenters. The summed E-state index contributed by atoms with van der Waals surface area (Å²) in [6, 6.07) is 12.1. The Morgan fingerprint density at radius 2 is 2.00 bits per heavy atom. The molecule has 1 aromatic carbocycles. The van der Waals surface area contributed by atoms with E-state index in [1.807, 2.05) is 46.8 Å². The maximum atomic E-state index is 9.74. The van der Waals surface area contributed by atoms with Gasteiger partial charge in [0.25, 0.3) is 0 Å². The lowest BCUT2D eigenvalue weighted by Crippen LogP contribution is -2.06. The van der Waals surface area contributed by atoms with Crippen molar-refractivity contribution < 1.29 is 5.11 Å². The van der Waals surface area contributed by atoms with Gasteiger partial charge in [0, 0.05) is 24.3 Å². The largest absolute Gasteiger partial charge is 0.387 e. The summed E-state index contributed by atoms with van der Waals surface area (Å²) >= 11 is 0. The van der Waals surface area contributed by atoms with Crippen LogP contribution in [-0.2, 0) is 13.6 Å². The van der Waals surface area contributed by atoms with Gasteiger partial charge in [-0.25, -0.2) is 0 Å². The number of aromatic nitrogens is 3. The molecule has 3 rings (SSSR count). The van der Waals surface area contributed by atoms with E-state index < -0.39 is 6.10 Å². The van der Waals surface area contributed by atoms with E-state index in [1.54, 1.807) is 6.92 Å². The summed E-state index contributed by atoms with van der Waals surface area (Å²) in [5, 5.41) is 15.5. The van der Waals surface area contributed by atoms with Crippen LogP contribution in [-0.4, -0.2) is 19.5 Å². The van der Waals surface area contributed by atoms with E-state index in [0.717, 1.165) is 22.3 Å². The van der Waals surface area contributed by atoms with Crippen molar-refractivity contribution in [2.75, 3.05) is 0 Å². The van der Waals surface area contributed by atoms with Gasteiger partial charge in [-0.3, -0.25) is 4.68 Å². The lowest BCUT2D eigenvalue weighted by molar-refractivity contribution is 0.189. The van der Waals surface area contributed by atoms with Crippen LogP contribution in [0.2, 0.25) is 0 Å². The van der Waals surface area contributed by atoms with E-state index in [0.29, 0.717) is 6.54 Å². The number of rotatable bonds is 3. The van der Waals surface area contributed by atoms with Gasteiger partial charge in [0.15, 0.2) is 0 Å². The number of benzene rings is 1. The van der Waals surface area contributed by atoms with Gasteiger partial charge in [0.05, 0.1) is 23.9 Å². The van der Waals surface area contributed by atoms with Crippen molar-refractivity contribution in [3.05, 3.63) is 54.0 Å². The number of aryl methyl sites for hydroxylation is 1. The number of hydrogen-bond acceptors (Lipinski definition) is 2. The predicted molar refractivity (Wildman–Crippen MR) is 74.9 cm³/mol. The number of aliphatic hydroxyl groups excluding tert-OH is 1. The first-order chi connectivity index (χ1) is 9.16. The van der Waals surface area contributed by atoms with Crippen molar-refractivity contribution in [2.45, 2.75) is 19.6 Å². The van der Waals surface area contributed by atoms with Crippen molar-refractivity contribution in [3.63, 3.8) is 0 Å². The second-order valence-electron chi connectivity index (χ2n) is 4.82. The van der Waals surface area contributed by atoms with E-state index in [4.69, 9.17) is 0 Å². The molecule has 1 atom stereocenters. The van der Waals surface area contributed by atoms with Crippen molar-refractivity contribution in [1.82, 2.24) is 14.3 Å². The van der Waals surface area contributed by atoms with Crippen molar-refractivity contribution in [3.8, 4) is 0 Å². The van der Waals surface area contributed by atoms with E-state index >= 15 is 0 Å². The normalized spacial score (nSPS) is 13.0. The van der Waals surface area contributed by atoms with Crippen LogP contribution in [0, 0.1) is 0 Å². The molecule has 4 nitrogen and oxygen atoms in total. The lowest BCUT2D eigenvalue weighted by atomic mass is 10.2. The van der Waals surface area contributed by atoms with Crippen molar-refractivity contribution in [1.29, 1.82) is 0 Å². The molecule has 0 saturated heterocycles. The molecule has 0 aliphatic heterocycles. The fourth-order valence-corrected chi connectivity index (χ4v) is 2.52. The summed E-state index contributed by atoms with van der Waals surface area (Å²) < 4.78 is 3.94. The highest BCUT2D eigenvalue weighted by Crippen LogP contribution is 2.20. The van der Waals surface area contributed by atoms with E-state index in [-0.39, 0.29) is 0 Å². The summed E-state index contributed by atoms with van der Waals surface area (Å²) in [6.07, 6.45) is 1.51. The molecule has 98 valence electrons. The van der Waals surface area contributed by atoms with Crippen LogP contribution in [0.5, 0.6) is 0 Å². The van der Waals surface area contributed by atoms with Gasteiger partial charge in [-0.15, -0.1) is 0 Å². The lowest BCUT2D eigenvalue weighted by Gasteiger charge is -2.10. The molecule has 0 saturated carbocycles. The monoisotopic (exact) mass is 255 g/mol. The summed E-state index contributed by atoms with van der Waals surface area (Å²) in [5.41, 5.74) is 3.06. The molecular weight excluding hydrogens is 238 g/mol. The molecule has 0 radical (unpaired) electrons. The second-order valence-corrected chi connectivity index (χ2v) is 4.82. The number of aliphatic hydroxyl groups is 1. The third kappa shape index (κ3) is 2.04. The zero-order valence-corrected chi connectivity index (χ0v) is 11.1. The molecular formula is C15H17N3O. The number of para-hydroxylation sites is 1. The van der Waals surface area contributed by atoms with Crippen molar-refractivity contribution in [2.24, 2.45) is 7.05 Å². The maximum absolute atomic E-state index is 9.74. The SMILES string of the molecule is CC(O)c1cccn1Cc1nn(C)c2ccccc12. The molecule has 0 aliphatic rings. The van der Waals surface area contributed by atoms with E-state index in [2.05, 4.69) is 17.2 Å².